The van der Waals surface area contributed by atoms with Crippen LogP contribution in [0.1, 0.15) is 12.5 Å². The van der Waals surface area contributed by atoms with E-state index in [1.807, 2.05) is 91.0 Å². The number of allylic oxidation sites excluding steroid dienone is 2. The van der Waals surface area contributed by atoms with Gasteiger partial charge in [0.1, 0.15) is 0 Å². The first-order valence-electron chi connectivity index (χ1n) is 12.5. The maximum Gasteiger partial charge on any atom is 0.339 e. The summed E-state index contributed by atoms with van der Waals surface area (Å²) in [5.41, 5.74) is 0.00312. The predicted molar refractivity (Wildman–Crippen MR) is 157 cm³/mol. The molecule has 4 aromatic carbocycles. The first-order valence-corrected chi connectivity index (χ1v) is 14.3. The maximum absolute atomic E-state index is 13.9. The Bertz CT molecular complexity index is 1540. The van der Waals surface area contributed by atoms with Crippen LogP contribution in [0.25, 0.3) is 5.57 Å². The monoisotopic (exact) mass is 535 g/mol. The standard InChI is InChI=1S/C32H26NO5P/c1-2-38-32(35)28-27(23-15-7-3-8-16-23)29(33(36)37)30(34)31(28)39(24-17-9-4-10-18-24,25-19-11-5-12-20-25)26-21-13-6-14-22-26/h3-22,34H,2H2,1H3. The van der Waals surface area contributed by atoms with Crippen LogP contribution >= 0.6 is 6.89 Å². The Morgan fingerprint density at radius 3 is 1.56 bits per heavy atom. The zero-order valence-corrected chi connectivity index (χ0v) is 22.1. The molecule has 6 nitrogen and oxygen atoms in total. The zero-order valence-electron chi connectivity index (χ0n) is 21.2. The molecule has 0 atom stereocenters. The lowest BCUT2D eigenvalue weighted by atomic mass is 10.0. The van der Waals surface area contributed by atoms with E-state index in [-0.39, 0.29) is 23.0 Å². The molecule has 0 aromatic heterocycles. The minimum Gasteiger partial charge on any atom is -0.502 e. The molecule has 39 heavy (non-hydrogen) atoms. The van der Waals surface area contributed by atoms with Crippen molar-refractivity contribution in [3.05, 3.63) is 154 Å². The van der Waals surface area contributed by atoms with Gasteiger partial charge < -0.3 is 9.84 Å². The van der Waals surface area contributed by atoms with Gasteiger partial charge >= 0.3 is 11.7 Å². The number of benzene rings is 4. The van der Waals surface area contributed by atoms with E-state index in [9.17, 15) is 20.0 Å². The number of aliphatic hydroxyl groups excluding tert-OH is 1. The molecule has 0 amide bonds. The largest absolute Gasteiger partial charge is 0.502 e. The number of esters is 1. The molecule has 1 aliphatic carbocycles. The lowest BCUT2D eigenvalue weighted by Crippen LogP contribution is -2.33. The molecule has 1 N–H and O–H groups in total. The van der Waals surface area contributed by atoms with E-state index in [0.29, 0.717) is 5.56 Å². The van der Waals surface area contributed by atoms with Crippen molar-refractivity contribution in [2.45, 2.75) is 6.92 Å². The van der Waals surface area contributed by atoms with Crippen LogP contribution in [-0.4, -0.2) is 27.9 Å². The molecule has 0 radical (unpaired) electrons. The van der Waals surface area contributed by atoms with Crippen LogP contribution < -0.4 is 15.9 Å². The summed E-state index contributed by atoms with van der Waals surface area (Å²) >= 11 is 0. The van der Waals surface area contributed by atoms with E-state index in [4.69, 9.17) is 4.74 Å². The first kappa shape index (κ1) is 26.0. The molecule has 0 aliphatic heterocycles. The average Bonchev–Trinajstić information content (AvgIpc) is 3.29. The Kier molecular flexibility index (Phi) is 7.31. The molecule has 0 fully saturated rings. The second-order valence-electron chi connectivity index (χ2n) is 8.82. The van der Waals surface area contributed by atoms with Crippen molar-refractivity contribution in [2.24, 2.45) is 0 Å². The molecule has 0 unspecified atom stereocenters. The van der Waals surface area contributed by atoms with Gasteiger partial charge in [-0.25, -0.2) is 4.79 Å². The summed E-state index contributed by atoms with van der Waals surface area (Å²) in [5, 5.41) is 27.3. The predicted octanol–water partition coefficient (Wildman–Crippen LogP) is 5.23. The van der Waals surface area contributed by atoms with Crippen molar-refractivity contribution in [1.82, 2.24) is 0 Å². The van der Waals surface area contributed by atoms with Crippen molar-refractivity contribution >= 4 is 39.6 Å². The number of hydrogen-bond acceptors (Lipinski definition) is 5. The maximum atomic E-state index is 13.9. The molecule has 1 aliphatic rings. The van der Waals surface area contributed by atoms with Gasteiger partial charge in [0.15, 0.2) is 0 Å². The van der Waals surface area contributed by atoms with Crippen LogP contribution in [-0.2, 0) is 9.53 Å². The van der Waals surface area contributed by atoms with E-state index in [2.05, 4.69) is 0 Å². The molecule has 7 heteroatoms. The number of ether oxygens (including phenoxy) is 1. The van der Waals surface area contributed by atoms with Crippen LogP contribution in [0.2, 0.25) is 0 Å². The third-order valence-corrected chi connectivity index (χ3v) is 11.0. The summed E-state index contributed by atoms with van der Waals surface area (Å²) in [6, 6.07) is 37.4. The lowest BCUT2D eigenvalue weighted by molar-refractivity contribution is -0.418. The third-order valence-electron chi connectivity index (χ3n) is 6.66. The Labute approximate surface area is 226 Å². The second-order valence-corrected chi connectivity index (χ2v) is 12.2. The number of nitrogens with zero attached hydrogens (tertiary/aromatic N) is 1. The Morgan fingerprint density at radius 2 is 1.18 bits per heavy atom. The van der Waals surface area contributed by atoms with Crippen LogP contribution in [0.15, 0.2) is 138 Å². The van der Waals surface area contributed by atoms with Crippen LogP contribution in [0.5, 0.6) is 0 Å². The topological polar surface area (TPSA) is 89.7 Å². The summed E-state index contributed by atoms with van der Waals surface area (Å²) in [6.45, 7) is -1.33. The van der Waals surface area contributed by atoms with Gasteiger partial charge in [-0.2, -0.15) is 0 Å². The van der Waals surface area contributed by atoms with Gasteiger partial charge in [-0.3, -0.25) is 10.1 Å². The smallest absolute Gasteiger partial charge is 0.339 e. The highest BCUT2D eigenvalue weighted by atomic mass is 31.2. The summed E-state index contributed by atoms with van der Waals surface area (Å²) in [6.07, 6.45) is 0. The van der Waals surface area contributed by atoms with E-state index in [1.54, 1.807) is 37.3 Å². The molecule has 0 heterocycles. The van der Waals surface area contributed by atoms with Crippen molar-refractivity contribution in [2.75, 3.05) is 6.61 Å². The molecule has 0 spiro atoms. The Morgan fingerprint density at radius 1 is 0.769 bits per heavy atom. The molecule has 4 aromatic rings. The molecule has 194 valence electrons. The Balaban J connectivity index is 2.13. The summed E-state index contributed by atoms with van der Waals surface area (Å²) in [5.74, 6) is -1.24. The van der Waals surface area contributed by atoms with Crippen LogP contribution in [0.3, 0.4) is 0 Å². The summed E-state index contributed by atoms with van der Waals surface area (Å²) < 4.78 is 5.53. The molecular weight excluding hydrogens is 509 g/mol. The molecular formula is C32H26NO5P. The fraction of sp³-hybridized carbons (Fsp3) is 0.0625. The van der Waals surface area contributed by atoms with Crippen LogP contribution in [0.4, 0.5) is 0 Å². The minimum absolute atomic E-state index is 0.0112. The minimum atomic E-state index is -3.08. The SMILES string of the molecule is CCOC(=O)C1=C(c2ccccc2)C([N+](=O)[O-])=C(O)C1=P(c1ccccc1)(c1ccccc1)c1ccccc1. The van der Waals surface area contributed by atoms with E-state index in [1.165, 1.54) is 0 Å². The van der Waals surface area contributed by atoms with Crippen LogP contribution in [0, 0.1) is 10.1 Å². The number of aliphatic hydroxyl groups is 1. The third kappa shape index (κ3) is 4.39. The highest BCUT2D eigenvalue weighted by Gasteiger charge is 2.47. The van der Waals surface area contributed by atoms with Gasteiger partial charge in [-0.1, -0.05) is 121 Å². The van der Waals surface area contributed by atoms with Gasteiger partial charge in [0.2, 0.25) is 5.76 Å². The number of rotatable bonds is 7. The lowest BCUT2D eigenvalue weighted by Gasteiger charge is -2.32. The van der Waals surface area contributed by atoms with Crippen molar-refractivity contribution in [3.8, 4) is 0 Å². The van der Waals surface area contributed by atoms with E-state index in [0.717, 1.165) is 15.9 Å². The van der Waals surface area contributed by atoms with E-state index >= 15 is 0 Å². The number of nitro groups is 1. The second kappa shape index (κ2) is 11.0. The van der Waals surface area contributed by atoms with Gasteiger partial charge in [-0.05, 0) is 35.3 Å². The first-order chi connectivity index (χ1) is 19.0. The zero-order chi connectivity index (χ0) is 27.4. The van der Waals surface area contributed by atoms with Crippen molar-refractivity contribution in [1.29, 1.82) is 0 Å². The summed E-state index contributed by atoms with van der Waals surface area (Å²) in [4.78, 5) is 25.8. The van der Waals surface area contributed by atoms with Gasteiger partial charge in [0.25, 0.3) is 0 Å². The quantitative estimate of drug-likeness (QED) is 0.152. The molecule has 0 bridgehead atoms. The van der Waals surface area contributed by atoms with Crippen molar-refractivity contribution < 1.29 is 19.6 Å². The number of carbonyl (C=O) groups excluding carboxylic acids is 1. The highest BCUT2D eigenvalue weighted by Crippen LogP contribution is 2.53. The normalized spacial score (nSPS) is 13.5. The molecule has 0 saturated heterocycles. The summed E-state index contributed by atoms with van der Waals surface area (Å²) in [7, 11) is 0. The number of hydrogen-bond donors (Lipinski definition) is 1. The highest BCUT2D eigenvalue weighted by molar-refractivity contribution is 7.96. The van der Waals surface area contributed by atoms with Gasteiger partial charge in [0.05, 0.1) is 22.7 Å². The fourth-order valence-corrected chi connectivity index (χ4v) is 9.66. The Hall–Kier alpha value is -4.67. The van der Waals surface area contributed by atoms with Gasteiger partial charge in [0, 0.05) is 5.29 Å². The molecule has 5 rings (SSSR count). The average molecular weight is 536 g/mol. The van der Waals surface area contributed by atoms with Crippen molar-refractivity contribution in [3.63, 3.8) is 0 Å². The van der Waals surface area contributed by atoms with E-state index < -0.39 is 29.2 Å². The van der Waals surface area contributed by atoms with Gasteiger partial charge in [-0.15, -0.1) is 0 Å². The molecule has 0 saturated carbocycles. The fourth-order valence-electron chi connectivity index (χ4n) is 5.17. The number of carbonyl (C=O) groups is 1.